The van der Waals surface area contributed by atoms with Gasteiger partial charge in [-0.2, -0.15) is 0 Å². The van der Waals surface area contributed by atoms with Gasteiger partial charge in [0.05, 0.1) is 18.4 Å². The van der Waals surface area contributed by atoms with Crippen molar-refractivity contribution in [2.45, 2.75) is 31.8 Å². The fourth-order valence-corrected chi connectivity index (χ4v) is 3.40. The second-order valence-corrected chi connectivity index (χ2v) is 6.20. The molecular weight excluding hydrogens is 301 g/mol. The van der Waals surface area contributed by atoms with Gasteiger partial charge in [-0.25, -0.2) is 4.39 Å². The predicted molar refractivity (Wildman–Crippen MR) is 80.1 cm³/mol. The summed E-state index contributed by atoms with van der Waals surface area (Å²) >= 11 is 0. The first-order chi connectivity index (χ1) is 11.1. The number of benzene rings is 1. The Bertz CT molecular complexity index is 565. The number of rotatable bonds is 5. The Kier molecular flexibility index (Phi) is 4.61. The van der Waals surface area contributed by atoms with Crippen LogP contribution in [0.3, 0.4) is 0 Å². The number of likely N-dealkylation sites (tertiary alicyclic amines) is 1. The molecule has 1 saturated heterocycles. The quantitative estimate of drug-likeness (QED) is 0.839. The van der Waals surface area contributed by atoms with Crippen LogP contribution in [0, 0.1) is 17.7 Å². The fraction of sp³-hybridized carbons (Fsp3) is 0.529. The number of imide groups is 1. The number of halogens is 1. The van der Waals surface area contributed by atoms with Crippen molar-refractivity contribution in [2.24, 2.45) is 11.8 Å². The van der Waals surface area contributed by atoms with Crippen LogP contribution in [-0.2, 0) is 9.59 Å². The number of ether oxygens (including phenoxy) is 1. The number of aliphatic hydroxyl groups excluding tert-OH is 1. The zero-order valence-electron chi connectivity index (χ0n) is 12.8. The Hall–Kier alpha value is -1.95. The highest BCUT2D eigenvalue weighted by atomic mass is 19.1. The van der Waals surface area contributed by atoms with Crippen molar-refractivity contribution >= 4 is 11.8 Å². The molecule has 2 aliphatic rings. The Balaban J connectivity index is 1.55. The molecule has 0 aromatic heterocycles. The number of carbonyl (C=O) groups excluding carboxylic acids is 2. The molecule has 23 heavy (non-hydrogen) atoms. The minimum atomic E-state index is -0.965. The van der Waals surface area contributed by atoms with Crippen LogP contribution in [0.5, 0.6) is 5.75 Å². The maximum Gasteiger partial charge on any atom is 0.233 e. The molecule has 2 fully saturated rings. The molecule has 3 rings (SSSR count). The lowest BCUT2D eigenvalue weighted by Crippen LogP contribution is -2.40. The maximum absolute atomic E-state index is 12.8. The minimum absolute atomic E-state index is 0.0497. The third kappa shape index (κ3) is 3.37. The average Bonchev–Trinajstić information content (AvgIpc) is 2.80. The van der Waals surface area contributed by atoms with Crippen molar-refractivity contribution in [1.82, 2.24) is 4.90 Å². The molecule has 0 unspecified atom stereocenters. The summed E-state index contributed by atoms with van der Waals surface area (Å²) in [4.78, 5) is 25.8. The third-order valence-electron chi connectivity index (χ3n) is 4.58. The van der Waals surface area contributed by atoms with Crippen molar-refractivity contribution in [2.75, 3.05) is 13.2 Å². The van der Waals surface area contributed by atoms with E-state index in [9.17, 15) is 19.1 Å². The average molecular weight is 321 g/mol. The molecule has 3 atom stereocenters. The van der Waals surface area contributed by atoms with Crippen molar-refractivity contribution in [1.29, 1.82) is 0 Å². The number of fused-ring (bicyclic) bond motifs is 1. The van der Waals surface area contributed by atoms with Crippen LogP contribution in [-0.4, -0.2) is 41.1 Å². The lowest BCUT2D eigenvalue weighted by Gasteiger charge is -2.19. The molecule has 5 nitrogen and oxygen atoms in total. The SMILES string of the molecule is O=C1[C@H]2CCCC[C@H]2C(=O)N1C[C@@H](O)COc1ccc(F)cc1. The van der Waals surface area contributed by atoms with Gasteiger partial charge in [-0.05, 0) is 37.1 Å². The van der Waals surface area contributed by atoms with Crippen LogP contribution in [0.1, 0.15) is 25.7 Å². The van der Waals surface area contributed by atoms with Crippen LogP contribution in [0.2, 0.25) is 0 Å². The second kappa shape index (κ2) is 6.66. The van der Waals surface area contributed by atoms with E-state index in [1.54, 1.807) is 0 Å². The number of amides is 2. The molecule has 1 heterocycles. The van der Waals surface area contributed by atoms with Gasteiger partial charge in [-0.3, -0.25) is 14.5 Å². The van der Waals surface area contributed by atoms with Gasteiger partial charge >= 0.3 is 0 Å². The molecular formula is C17H20FNO4. The van der Waals surface area contributed by atoms with Crippen LogP contribution < -0.4 is 4.74 Å². The summed E-state index contributed by atoms with van der Waals surface area (Å²) in [5.41, 5.74) is 0. The van der Waals surface area contributed by atoms with E-state index < -0.39 is 6.10 Å². The van der Waals surface area contributed by atoms with Gasteiger partial charge < -0.3 is 9.84 Å². The smallest absolute Gasteiger partial charge is 0.233 e. The van der Waals surface area contributed by atoms with Gasteiger partial charge in [0, 0.05) is 0 Å². The molecule has 2 amide bonds. The van der Waals surface area contributed by atoms with Crippen molar-refractivity contribution in [3.63, 3.8) is 0 Å². The summed E-state index contributed by atoms with van der Waals surface area (Å²) in [5.74, 6) is -0.684. The largest absolute Gasteiger partial charge is 0.491 e. The van der Waals surface area contributed by atoms with Crippen molar-refractivity contribution < 1.29 is 23.8 Å². The first kappa shape index (κ1) is 15.9. The number of nitrogens with zero attached hydrogens (tertiary/aromatic N) is 1. The molecule has 0 bridgehead atoms. The Labute approximate surface area is 134 Å². The summed E-state index contributed by atoms with van der Waals surface area (Å²) in [6, 6.07) is 5.45. The summed E-state index contributed by atoms with van der Waals surface area (Å²) in [5, 5.41) is 10.0. The molecule has 0 radical (unpaired) electrons. The van der Waals surface area contributed by atoms with Gasteiger partial charge in [-0.15, -0.1) is 0 Å². The molecule has 6 heteroatoms. The van der Waals surface area contributed by atoms with E-state index in [2.05, 4.69) is 0 Å². The number of β-amino-alcohol motifs (C(OH)–C–C–N with tert-alkyl or cyclic N) is 1. The monoisotopic (exact) mass is 321 g/mol. The maximum atomic E-state index is 12.8. The van der Waals surface area contributed by atoms with Crippen LogP contribution in [0.15, 0.2) is 24.3 Å². The highest BCUT2D eigenvalue weighted by Crippen LogP contribution is 2.37. The first-order valence-corrected chi connectivity index (χ1v) is 7.98. The molecule has 0 spiro atoms. The minimum Gasteiger partial charge on any atom is -0.491 e. The van der Waals surface area contributed by atoms with Crippen molar-refractivity contribution in [3.8, 4) is 5.75 Å². The topological polar surface area (TPSA) is 66.8 Å². The van der Waals surface area contributed by atoms with Crippen LogP contribution in [0.4, 0.5) is 4.39 Å². The predicted octanol–water partition coefficient (Wildman–Crippen LogP) is 1.74. The number of aliphatic hydroxyl groups is 1. The van der Waals surface area contributed by atoms with Crippen LogP contribution in [0.25, 0.3) is 0 Å². The number of hydrogen-bond acceptors (Lipinski definition) is 4. The van der Waals surface area contributed by atoms with E-state index in [1.807, 2.05) is 0 Å². The normalized spacial score (nSPS) is 25.4. The Morgan fingerprint density at radius 1 is 1.13 bits per heavy atom. The molecule has 1 saturated carbocycles. The Morgan fingerprint density at radius 2 is 1.70 bits per heavy atom. The highest BCUT2D eigenvalue weighted by molar-refractivity contribution is 6.05. The second-order valence-electron chi connectivity index (χ2n) is 6.20. The molecule has 1 aliphatic heterocycles. The van der Waals surface area contributed by atoms with E-state index in [1.165, 1.54) is 29.2 Å². The van der Waals surface area contributed by atoms with Gasteiger partial charge in [0.25, 0.3) is 0 Å². The summed E-state index contributed by atoms with van der Waals surface area (Å²) in [7, 11) is 0. The van der Waals surface area contributed by atoms with Gasteiger partial charge in [0.1, 0.15) is 24.3 Å². The first-order valence-electron chi connectivity index (χ1n) is 7.98. The Morgan fingerprint density at radius 3 is 2.26 bits per heavy atom. The van der Waals surface area contributed by atoms with Crippen molar-refractivity contribution in [3.05, 3.63) is 30.1 Å². The fourth-order valence-electron chi connectivity index (χ4n) is 3.40. The van der Waals surface area contributed by atoms with E-state index in [0.717, 1.165) is 25.7 Å². The molecule has 1 aromatic rings. The number of carbonyl (C=O) groups is 2. The van der Waals surface area contributed by atoms with E-state index in [4.69, 9.17) is 4.74 Å². The molecule has 124 valence electrons. The standard InChI is InChI=1S/C17H20FNO4/c18-11-5-7-13(8-6-11)23-10-12(20)9-19-16(21)14-3-1-2-4-15(14)17(19)22/h5-8,12,14-15,20H,1-4,9-10H2/t12-,14-,15+/m1/s1. The van der Waals surface area contributed by atoms with Gasteiger partial charge in [-0.1, -0.05) is 12.8 Å². The lowest BCUT2D eigenvalue weighted by atomic mass is 9.81. The summed E-state index contributed by atoms with van der Waals surface area (Å²) in [6.07, 6.45) is 2.50. The van der Waals surface area contributed by atoms with Crippen LogP contribution >= 0.6 is 0 Å². The zero-order valence-corrected chi connectivity index (χ0v) is 12.8. The molecule has 1 aliphatic carbocycles. The summed E-state index contributed by atoms with van der Waals surface area (Å²) in [6.45, 7) is -0.107. The summed E-state index contributed by atoms with van der Waals surface area (Å²) < 4.78 is 18.2. The van der Waals surface area contributed by atoms with E-state index >= 15 is 0 Å². The molecule has 1 aromatic carbocycles. The van der Waals surface area contributed by atoms with E-state index in [-0.39, 0.29) is 42.6 Å². The van der Waals surface area contributed by atoms with Gasteiger partial charge in [0.15, 0.2) is 0 Å². The highest BCUT2D eigenvalue weighted by Gasteiger charge is 2.48. The van der Waals surface area contributed by atoms with E-state index in [0.29, 0.717) is 5.75 Å². The molecule has 1 N–H and O–H groups in total. The zero-order chi connectivity index (χ0) is 16.4. The third-order valence-corrected chi connectivity index (χ3v) is 4.58. The lowest BCUT2D eigenvalue weighted by molar-refractivity contribution is -0.141. The number of hydrogen-bond donors (Lipinski definition) is 1. The van der Waals surface area contributed by atoms with Gasteiger partial charge in [0.2, 0.25) is 11.8 Å².